The third-order valence-electron chi connectivity index (χ3n) is 5.17. The Morgan fingerprint density at radius 1 is 1.11 bits per heavy atom. The lowest BCUT2D eigenvalue weighted by Gasteiger charge is -2.43. The Kier molecular flexibility index (Phi) is 7.31. The predicted octanol–water partition coefficient (Wildman–Crippen LogP) is 5.18. The van der Waals surface area contributed by atoms with Crippen LogP contribution in [0.25, 0.3) is 0 Å². The molecule has 150 valence electrons. The maximum Gasteiger partial charge on any atom is 0.410 e. The Morgan fingerprint density at radius 2 is 1.79 bits per heavy atom. The second-order valence-corrected chi connectivity index (χ2v) is 7.06. The van der Waals surface area contributed by atoms with Crippen LogP contribution in [0.4, 0.5) is 4.79 Å². The summed E-state index contributed by atoms with van der Waals surface area (Å²) >= 11 is 0. The van der Waals surface area contributed by atoms with Crippen LogP contribution in [0.3, 0.4) is 0 Å². The number of unbranched alkanes of at least 4 members (excludes halogenated alkanes) is 1. The second kappa shape index (κ2) is 10.1. The zero-order valence-corrected chi connectivity index (χ0v) is 16.6. The number of cyclic esters (lactones) is 1. The van der Waals surface area contributed by atoms with Gasteiger partial charge in [0.25, 0.3) is 0 Å². The molecule has 0 aliphatic carbocycles. The minimum Gasteiger partial charge on any atom is -0.468 e. The highest BCUT2D eigenvalue weighted by atomic mass is 16.7. The second-order valence-electron chi connectivity index (χ2n) is 7.06. The number of amides is 1. The van der Waals surface area contributed by atoms with Crippen LogP contribution in [0.1, 0.15) is 44.7 Å². The number of hydrogen-bond donors (Lipinski definition) is 0. The van der Waals surface area contributed by atoms with Gasteiger partial charge in [0.2, 0.25) is 0 Å². The molecule has 0 aromatic heterocycles. The fourth-order valence-electron chi connectivity index (χ4n) is 3.59. The molecule has 1 heterocycles. The molecule has 0 spiro atoms. The van der Waals surface area contributed by atoms with Crippen molar-refractivity contribution in [2.75, 3.05) is 13.4 Å². The van der Waals surface area contributed by atoms with Gasteiger partial charge in [-0.05, 0) is 31.0 Å². The average Bonchev–Trinajstić information content (AvgIpc) is 2.74. The van der Waals surface area contributed by atoms with Gasteiger partial charge in [0.05, 0.1) is 12.1 Å². The first-order valence-electron chi connectivity index (χ1n) is 10.00. The number of para-hydroxylation sites is 1. The zero-order valence-electron chi connectivity index (χ0n) is 16.6. The molecule has 3 rings (SSSR count). The Balaban J connectivity index is 1.71. The highest BCUT2D eigenvalue weighted by Crippen LogP contribution is 2.31. The van der Waals surface area contributed by atoms with E-state index in [1.807, 2.05) is 72.5 Å². The molecule has 5 heteroatoms. The van der Waals surface area contributed by atoms with E-state index in [0.717, 1.165) is 30.6 Å². The SMILES string of the molecule is CCCC[C@H]1[C@@H](OCOc2ccccc2)COC(=O)N1[C@H](C)c1ccccc1. The minimum atomic E-state index is -0.277. The molecule has 1 aliphatic rings. The molecule has 0 bridgehead atoms. The van der Waals surface area contributed by atoms with Crippen molar-refractivity contribution >= 4 is 6.09 Å². The van der Waals surface area contributed by atoms with Gasteiger partial charge >= 0.3 is 6.09 Å². The first-order valence-corrected chi connectivity index (χ1v) is 10.00. The smallest absolute Gasteiger partial charge is 0.410 e. The lowest BCUT2D eigenvalue weighted by molar-refractivity contribution is -0.122. The van der Waals surface area contributed by atoms with E-state index in [9.17, 15) is 4.79 Å². The summed E-state index contributed by atoms with van der Waals surface area (Å²) in [4.78, 5) is 14.5. The van der Waals surface area contributed by atoms with Crippen molar-refractivity contribution in [3.63, 3.8) is 0 Å². The van der Waals surface area contributed by atoms with Gasteiger partial charge in [0.15, 0.2) is 6.79 Å². The maximum absolute atomic E-state index is 12.6. The summed E-state index contributed by atoms with van der Waals surface area (Å²) in [5, 5.41) is 0. The Bertz CT molecular complexity index is 722. The Morgan fingerprint density at radius 3 is 2.46 bits per heavy atom. The lowest BCUT2D eigenvalue weighted by atomic mass is 9.97. The van der Waals surface area contributed by atoms with Crippen LogP contribution in [0, 0.1) is 0 Å². The van der Waals surface area contributed by atoms with E-state index in [1.54, 1.807) is 0 Å². The van der Waals surface area contributed by atoms with E-state index >= 15 is 0 Å². The molecular formula is C23H29NO4. The van der Waals surface area contributed by atoms with Gasteiger partial charge < -0.3 is 14.2 Å². The van der Waals surface area contributed by atoms with Crippen LogP contribution < -0.4 is 4.74 Å². The molecule has 3 atom stereocenters. The molecule has 1 fully saturated rings. The summed E-state index contributed by atoms with van der Waals surface area (Å²) < 4.78 is 17.2. The summed E-state index contributed by atoms with van der Waals surface area (Å²) in [6.07, 6.45) is 2.46. The number of benzene rings is 2. The number of rotatable bonds is 9. The normalized spacial score (nSPS) is 20.5. The summed E-state index contributed by atoms with van der Waals surface area (Å²) in [5.74, 6) is 0.759. The predicted molar refractivity (Wildman–Crippen MR) is 108 cm³/mol. The van der Waals surface area contributed by atoms with Crippen molar-refractivity contribution in [1.29, 1.82) is 0 Å². The van der Waals surface area contributed by atoms with Crippen molar-refractivity contribution in [2.45, 2.75) is 51.3 Å². The van der Waals surface area contributed by atoms with Crippen LogP contribution in [-0.2, 0) is 9.47 Å². The van der Waals surface area contributed by atoms with Gasteiger partial charge in [-0.2, -0.15) is 0 Å². The Hall–Kier alpha value is -2.53. The van der Waals surface area contributed by atoms with Gasteiger partial charge in [-0.25, -0.2) is 4.79 Å². The third kappa shape index (κ3) is 5.04. The van der Waals surface area contributed by atoms with Crippen LogP contribution in [0.15, 0.2) is 60.7 Å². The summed E-state index contributed by atoms with van der Waals surface area (Å²) in [6, 6.07) is 19.5. The van der Waals surface area contributed by atoms with Crippen molar-refractivity contribution < 1.29 is 19.0 Å². The zero-order chi connectivity index (χ0) is 19.8. The highest BCUT2D eigenvalue weighted by Gasteiger charge is 2.40. The Labute approximate surface area is 167 Å². The van der Waals surface area contributed by atoms with E-state index in [1.165, 1.54) is 0 Å². The molecule has 1 amide bonds. The van der Waals surface area contributed by atoms with E-state index in [0.29, 0.717) is 0 Å². The van der Waals surface area contributed by atoms with Gasteiger partial charge in [-0.1, -0.05) is 68.3 Å². The summed E-state index contributed by atoms with van der Waals surface area (Å²) in [6.45, 7) is 4.57. The molecule has 0 unspecified atom stereocenters. The number of ether oxygens (including phenoxy) is 3. The van der Waals surface area contributed by atoms with E-state index < -0.39 is 0 Å². The molecule has 1 aliphatic heterocycles. The molecule has 0 N–H and O–H groups in total. The average molecular weight is 383 g/mol. The van der Waals surface area contributed by atoms with Gasteiger partial charge in [-0.15, -0.1) is 0 Å². The van der Waals surface area contributed by atoms with Crippen molar-refractivity contribution in [3.8, 4) is 5.75 Å². The van der Waals surface area contributed by atoms with E-state index in [-0.39, 0.29) is 37.7 Å². The molecule has 0 radical (unpaired) electrons. The van der Waals surface area contributed by atoms with Crippen molar-refractivity contribution in [1.82, 2.24) is 4.90 Å². The highest BCUT2D eigenvalue weighted by molar-refractivity contribution is 5.69. The van der Waals surface area contributed by atoms with Crippen molar-refractivity contribution in [3.05, 3.63) is 66.2 Å². The van der Waals surface area contributed by atoms with Crippen LogP contribution >= 0.6 is 0 Å². The fourth-order valence-corrected chi connectivity index (χ4v) is 3.59. The number of carbonyl (C=O) groups is 1. The lowest BCUT2D eigenvalue weighted by Crippen LogP contribution is -2.55. The number of hydrogen-bond acceptors (Lipinski definition) is 4. The molecule has 28 heavy (non-hydrogen) atoms. The first-order chi connectivity index (χ1) is 13.7. The van der Waals surface area contributed by atoms with Crippen LogP contribution in [0.2, 0.25) is 0 Å². The standard InChI is InChI=1S/C23H29NO4/c1-3-4-15-21-22(28-17-27-20-13-9-6-10-14-20)16-26-23(25)24(21)18(2)19-11-7-5-8-12-19/h5-14,18,21-22H,3-4,15-17H2,1-2H3/t18-,21+,22+/m1/s1. The number of carbonyl (C=O) groups excluding carboxylic acids is 1. The van der Waals surface area contributed by atoms with Gasteiger partial charge in [0.1, 0.15) is 18.5 Å². The fraction of sp³-hybridized carbons (Fsp3) is 0.435. The minimum absolute atomic E-state index is 0.0456. The molecule has 5 nitrogen and oxygen atoms in total. The summed E-state index contributed by atoms with van der Waals surface area (Å²) in [7, 11) is 0. The molecular weight excluding hydrogens is 354 g/mol. The molecule has 2 aromatic rings. The summed E-state index contributed by atoms with van der Waals surface area (Å²) in [5.41, 5.74) is 1.09. The molecule has 0 saturated carbocycles. The van der Waals surface area contributed by atoms with Gasteiger partial charge in [-0.3, -0.25) is 4.90 Å². The third-order valence-corrected chi connectivity index (χ3v) is 5.17. The molecule has 2 aromatic carbocycles. The van der Waals surface area contributed by atoms with Gasteiger partial charge in [0, 0.05) is 0 Å². The number of nitrogens with zero attached hydrogens (tertiary/aromatic N) is 1. The van der Waals surface area contributed by atoms with E-state index in [2.05, 4.69) is 6.92 Å². The quantitative estimate of drug-likeness (QED) is 0.560. The first kappa shape index (κ1) is 20.2. The van der Waals surface area contributed by atoms with Crippen LogP contribution in [-0.4, -0.2) is 36.5 Å². The van der Waals surface area contributed by atoms with Crippen LogP contribution in [0.5, 0.6) is 5.75 Å². The monoisotopic (exact) mass is 383 g/mol. The molecule has 1 saturated heterocycles. The van der Waals surface area contributed by atoms with E-state index in [4.69, 9.17) is 14.2 Å². The largest absolute Gasteiger partial charge is 0.468 e. The topological polar surface area (TPSA) is 48.0 Å². The maximum atomic E-state index is 12.6. The van der Waals surface area contributed by atoms with Crippen molar-refractivity contribution in [2.24, 2.45) is 0 Å².